The molecule has 0 aliphatic carbocycles. The lowest BCUT2D eigenvalue weighted by Crippen LogP contribution is -2.25. The summed E-state index contributed by atoms with van der Waals surface area (Å²) in [5.74, 6) is 2.16. The van der Waals surface area contributed by atoms with Crippen LogP contribution in [-0.4, -0.2) is 30.2 Å². The lowest BCUT2D eigenvalue weighted by molar-refractivity contribution is -0.128. The maximum atomic E-state index is 11.9. The molecule has 0 aromatic heterocycles. The molecule has 2 rings (SSSR count). The van der Waals surface area contributed by atoms with Gasteiger partial charge in [0, 0.05) is 29.5 Å². The van der Waals surface area contributed by atoms with Crippen molar-refractivity contribution in [2.45, 2.75) is 13.0 Å². The molecular weight excluding hydrogens is 314 g/mol. The molecule has 0 radical (unpaired) electrons. The molecule has 0 saturated carbocycles. The molecule has 0 spiro atoms. The van der Waals surface area contributed by atoms with Crippen LogP contribution in [0.15, 0.2) is 22.7 Å². The summed E-state index contributed by atoms with van der Waals surface area (Å²) >= 11 is 7.71. The van der Waals surface area contributed by atoms with E-state index in [4.69, 9.17) is 4.74 Å². The smallest absolute Gasteiger partial charge is 0.223 e. The number of rotatable bonds is 4. The SMILES string of the molecule is COc1ccc(Br)cc1CN1CC(CS)CC1=O. The number of halogens is 1. The van der Waals surface area contributed by atoms with E-state index in [2.05, 4.69) is 28.6 Å². The van der Waals surface area contributed by atoms with Crippen LogP contribution in [0.3, 0.4) is 0 Å². The Morgan fingerprint density at radius 2 is 2.33 bits per heavy atom. The second-order valence-electron chi connectivity index (χ2n) is 4.48. The molecule has 98 valence electrons. The minimum Gasteiger partial charge on any atom is -0.496 e. The van der Waals surface area contributed by atoms with Crippen LogP contribution in [0, 0.1) is 5.92 Å². The summed E-state index contributed by atoms with van der Waals surface area (Å²) in [5, 5.41) is 0. The highest BCUT2D eigenvalue weighted by Crippen LogP contribution is 2.27. The number of benzene rings is 1. The molecule has 1 fully saturated rings. The molecule has 18 heavy (non-hydrogen) atoms. The number of hydrogen-bond donors (Lipinski definition) is 1. The number of ether oxygens (including phenoxy) is 1. The zero-order valence-electron chi connectivity index (χ0n) is 10.2. The Labute approximate surface area is 121 Å². The third-order valence-corrected chi connectivity index (χ3v) is 4.17. The summed E-state index contributed by atoms with van der Waals surface area (Å²) in [6.07, 6.45) is 0.611. The molecule has 1 aromatic carbocycles. The Hall–Kier alpha value is -0.680. The fourth-order valence-electron chi connectivity index (χ4n) is 2.21. The van der Waals surface area contributed by atoms with Crippen molar-refractivity contribution in [1.82, 2.24) is 4.90 Å². The number of carbonyl (C=O) groups excluding carboxylic acids is 1. The van der Waals surface area contributed by atoms with Gasteiger partial charge in [-0.3, -0.25) is 4.79 Å². The van der Waals surface area contributed by atoms with E-state index in [1.807, 2.05) is 23.1 Å². The highest BCUT2D eigenvalue weighted by Gasteiger charge is 2.29. The molecule has 1 aliphatic heterocycles. The number of carbonyl (C=O) groups is 1. The molecular formula is C13H16BrNO2S. The Kier molecular flexibility index (Phi) is 4.56. The zero-order valence-corrected chi connectivity index (χ0v) is 12.7. The van der Waals surface area contributed by atoms with E-state index in [1.165, 1.54) is 0 Å². The van der Waals surface area contributed by atoms with Crippen molar-refractivity contribution in [2.24, 2.45) is 5.92 Å². The first-order chi connectivity index (χ1) is 8.63. The van der Waals surface area contributed by atoms with E-state index in [-0.39, 0.29) is 5.91 Å². The van der Waals surface area contributed by atoms with Crippen LogP contribution in [0.2, 0.25) is 0 Å². The number of nitrogens with zero attached hydrogens (tertiary/aromatic N) is 1. The fourth-order valence-corrected chi connectivity index (χ4v) is 2.86. The average molecular weight is 330 g/mol. The Balaban J connectivity index is 2.14. The Morgan fingerprint density at radius 3 is 2.94 bits per heavy atom. The summed E-state index contributed by atoms with van der Waals surface area (Å²) < 4.78 is 6.32. The van der Waals surface area contributed by atoms with Gasteiger partial charge in [0.05, 0.1) is 7.11 Å². The monoisotopic (exact) mass is 329 g/mol. The number of amides is 1. The fraction of sp³-hybridized carbons (Fsp3) is 0.462. The minimum absolute atomic E-state index is 0.205. The summed E-state index contributed by atoms with van der Waals surface area (Å²) in [7, 11) is 1.65. The van der Waals surface area contributed by atoms with Crippen LogP contribution >= 0.6 is 28.6 Å². The molecule has 1 atom stereocenters. The maximum absolute atomic E-state index is 11.9. The van der Waals surface area contributed by atoms with Gasteiger partial charge in [0.15, 0.2) is 0 Å². The van der Waals surface area contributed by atoms with Gasteiger partial charge in [-0.05, 0) is 29.9 Å². The van der Waals surface area contributed by atoms with Crippen LogP contribution in [0.25, 0.3) is 0 Å². The van der Waals surface area contributed by atoms with Gasteiger partial charge in [0.1, 0.15) is 5.75 Å². The van der Waals surface area contributed by atoms with Crippen molar-refractivity contribution in [3.63, 3.8) is 0 Å². The molecule has 1 unspecified atom stereocenters. The van der Waals surface area contributed by atoms with Crippen molar-refractivity contribution < 1.29 is 9.53 Å². The maximum Gasteiger partial charge on any atom is 0.223 e. The van der Waals surface area contributed by atoms with Gasteiger partial charge in [-0.25, -0.2) is 0 Å². The molecule has 1 heterocycles. The predicted octanol–water partition coefficient (Wildman–Crippen LogP) is 2.74. The lowest BCUT2D eigenvalue weighted by atomic mass is 10.1. The van der Waals surface area contributed by atoms with Crippen LogP contribution in [0.1, 0.15) is 12.0 Å². The number of thiol groups is 1. The highest BCUT2D eigenvalue weighted by atomic mass is 79.9. The molecule has 1 saturated heterocycles. The van der Waals surface area contributed by atoms with E-state index in [0.717, 1.165) is 28.1 Å². The van der Waals surface area contributed by atoms with E-state index in [1.54, 1.807) is 7.11 Å². The summed E-state index contributed by atoms with van der Waals surface area (Å²) in [4.78, 5) is 13.8. The molecule has 0 N–H and O–H groups in total. The number of likely N-dealkylation sites (tertiary alicyclic amines) is 1. The second kappa shape index (κ2) is 5.97. The molecule has 5 heteroatoms. The quantitative estimate of drug-likeness (QED) is 0.861. The first kappa shape index (κ1) is 13.7. The first-order valence-electron chi connectivity index (χ1n) is 5.85. The van der Waals surface area contributed by atoms with E-state index < -0.39 is 0 Å². The van der Waals surface area contributed by atoms with Gasteiger partial charge < -0.3 is 9.64 Å². The van der Waals surface area contributed by atoms with Crippen LogP contribution in [-0.2, 0) is 11.3 Å². The van der Waals surface area contributed by atoms with Crippen LogP contribution < -0.4 is 4.74 Å². The van der Waals surface area contributed by atoms with Crippen molar-refractivity contribution in [3.05, 3.63) is 28.2 Å². The summed E-state index contributed by atoms with van der Waals surface area (Å²) in [6, 6.07) is 5.85. The largest absolute Gasteiger partial charge is 0.496 e. The molecule has 1 amide bonds. The van der Waals surface area contributed by atoms with Gasteiger partial charge in [-0.15, -0.1) is 0 Å². The van der Waals surface area contributed by atoms with E-state index in [9.17, 15) is 4.79 Å². The van der Waals surface area contributed by atoms with Crippen molar-refractivity contribution in [3.8, 4) is 5.75 Å². The zero-order chi connectivity index (χ0) is 13.1. The number of methoxy groups -OCH3 is 1. The topological polar surface area (TPSA) is 29.5 Å². The second-order valence-corrected chi connectivity index (χ2v) is 5.76. The van der Waals surface area contributed by atoms with Crippen molar-refractivity contribution in [1.29, 1.82) is 0 Å². The van der Waals surface area contributed by atoms with Gasteiger partial charge in [-0.1, -0.05) is 15.9 Å². The summed E-state index contributed by atoms with van der Waals surface area (Å²) in [6.45, 7) is 1.39. The van der Waals surface area contributed by atoms with Crippen molar-refractivity contribution >= 4 is 34.5 Å². The van der Waals surface area contributed by atoms with Gasteiger partial charge in [0.2, 0.25) is 5.91 Å². The Morgan fingerprint density at radius 1 is 1.56 bits per heavy atom. The third kappa shape index (κ3) is 3.01. The van der Waals surface area contributed by atoms with E-state index in [0.29, 0.717) is 18.9 Å². The van der Waals surface area contributed by atoms with E-state index >= 15 is 0 Å². The number of hydrogen-bond acceptors (Lipinski definition) is 3. The third-order valence-electron chi connectivity index (χ3n) is 3.16. The summed E-state index contributed by atoms with van der Waals surface area (Å²) in [5.41, 5.74) is 1.03. The molecule has 1 aliphatic rings. The lowest BCUT2D eigenvalue weighted by Gasteiger charge is -2.18. The van der Waals surface area contributed by atoms with Gasteiger partial charge in [-0.2, -0.15) is 12.6 Å². The van der Waals surface area contributed by atoms with Gasteiger partial charge >= 0.3 is 0 Å². The first-order valence-corrected chi connectivity index (χ1v) is 7.27. The standard InChI is InChI=1S/C13H16BrNO2S/c1-17-12-3-2-11(14)5-10(12)7-15-6-9(8-18)4-13(15)16/h2-3,5,9,18H,4,6-8H2,1H3. The Bertz CT molecular complexity index is 453. The average Bonchev–Trinajstić information content (AvgIpc) is 2.71. The van der Waals surface area contributed by atoms with Crippen LogP contribution in [0.5, 0.6) is 5.75 Å². The normalized spacial score (nSPS) is 19.4. The van der Waals surface area contributed by atoms with Crippen molar-refractivity contribution in [2.75, 3.05) is 19.4 Å². The molecule has 1 aromatic rings. The van der Waals surface area contributed by atoms with Crippen LogP contribution in [0.4, 0.5) is 0 Å². The highest BCUT2D eigenvalue weighted by molar-refractivity contribution is 9.10. The predicted molar refractivity (Wildman–Crippen MR) is 78.1 cm³/mol. The van der Waals surface area contributed by atoms with Gasteiger partial charge in [0.25, 0.3) is 0 Å². The molecule has 3 nitrogen and oxygen atoms in total. The minimum atomic E-state index is 0.205. The molecule has 0 bridgehead atoms.